The molecule has 2 aromatic rings. The molecule has 1 aliphatic rings. The zero-order valence-corrected chi connectivity index (χ0v) is 17.6. The lowest BCUT2D eigenvalue weighted by atomic mass is 10.0. The van der Waals surface area contributed by atoms with Crippen LogP contribution in [0.3, 0.4) is 0 Å². The Morgan fingerprint density at radius 2 is 2.00 bits per heavy atom. The first kappa shape index (κ1) is 20.5. The fourth-order valence-corrected chi connectivity index (χ4v) is 3.92. The van der Waals surface area contributed by atoms with Crippen LogP contribution in [-0.4, -0.2) is 51.9 Å². The summed E-state index contributed by atoms with van der Waals surface area (Å²) in [6.07, 6.45) is 3.01. The van der Waals surface area contributed by atoms with Gasteiger partial charge in [-0.3, -0.25) is 9.69 Å². The van der Waals surface area contributed by atoms with E-state index in [0.29, 0.717) is 23.5 Å². The molecule has 1 aromatic carbocycles. The normalized spacial score (nSPS) is 17.4. The maximum absolute atomic E-state index is 13.1. The summed E-state index contributed by atoms with van der Waals surface area (Å²) in [6.45, 7) is 8.65. The number of piperidine rings is 1. The van der Waals surface area contributed by atoms with Crippen LogP contribution < -0.4 is 0 Å². The second-order valence-electron chi connectivity index (χ2n) is 8.34. The van der Waals surface area contributed by atoms with Crippen LogP contribution in [0.5, 0.6) is 0 Å². The Bertz CT molecular complexity index is 790. The van der Waals surface area contributed by atoms with E-state index in [4.69, 9.17) is 0 Å². The maximum atomic E-state index is 13.1. The van der Waals surface area contributed by atoms with E-state index in [0.717, 1.165) is 44.6 Å². The van der Waals surface area contributed by atoms with Crippen LogP contribution >= 0.6 is 0 Å². The van der Waals surface area contributed by atoms with Gasteiger partial charge in [-0.15, -0.1) is 0 Å². The quantitative estimate of drug-likeness (QED) is 0.766. The molecule has 1 aromatic heterocycles. The van der Waals surface area contributed by atoms with Gasteiger partial charge >= 0.3 is 0 Å². The SMILES string of the molecule is Cc1nc(CC(C)C)cc(C(=O)N2CCCC(N(C)Cc3ccccc3)C2)n1. The third-order valence-corrected chi connectivity index (χ3v) is 5.31. The maximum Gasteiger partial charge on any atom is 0.272 e. The van der Waals surface area contributed by atoms with Gasteiger partial charge in [0.2, 0.25) is 0 Å². The van der Waals surface area contributed by atoms with E-state index in [1.165, 1.54) is 5.56 Å². The van der Waals surface area contributed by atoms with E-state index in [9.17, 15) is 4.79 Å². The summed E-state index contributed by atoms with van der Waals surface area (Å²) < 4.78 is 0. The van der Waals surface area contributed by atoms with Gasteiger partial charge in [-0.25, -0.2) is 9.97 Å². The number of amides is 1. The molecular weight excluding hydrogens is 348 g/mol. The topological polar surface area (TPSA) is 49.3 Å². The molecule has 0 N–H and O–H groups in total. The number of hydrogen-bond donors (Lipinski definition) is 0. The summed E-state index contributed by atoms with van der Waals surface area (Å²) in [6, 6.07) is 12.8. The third-order valence-electron chi connectivity index (χ3n) is 5.31. The molecule has 5 heteroatoms. The smallest absolute Gasteiger partial charge is 0.272 e. The monoisotopic (exact) mass is 380 g/mol. The van der Waals surface area contributed by atoms with Crippen LogP contribution in [0, 0.1) is 12.8 Å². The highest BCUT2D eigenvalue weighted by Crippen LogP contribution is 2.19. The Morgan fingerprint density at radius 3 is 2.71 bits per heavy atom. The highest BCUT2D eigenvalue weighted by molar-refractivity contribution is 5.92. The van der Waals surface area contributed by atoms with Crippen LogP contribution in [-0.2, 0) is 13.0 Å². The molecule has 0 saturated carbocycles. The average Bonchev–Trinajstić information content (AvgIpc) is 2.67. The Labute approximate surface area is 168 Å². The van der Waals surface area contributed by atoms with Crippen molar-refractivity contribution in [1.29, 1.82) is 0 Å². The van der Waals surface area contributed by atoms with Gasteiger partial charge < -0.3 is 4.90 Å². The van der Waals surface area contributed by atoms with E-state index < -0.39 is 0 Å². The molecule has 1 fully saturated rings. The molecule has 150 valence electrons. The molecule has 1 unspecified atom stereocenters. The van der Waals surface area contributed by atoms with Gasteiger partial charge in [0, 0.05) is 31.4 Å². The van der Waals surface area contributed by atoms with Crippen molar-refractivity contribution in [3.8, 4) is 0 Å². The minimum atomic E-state index is 0.0355. The van der Waals surface area contributed by atoms with Crippen molar-refractivity contribution in [3.63, 3.8) is 0 Å². The minimum absolute atomic E-state index is 0.0355. The summed E-state index contributed by atoms with van der Waals surface area (Å²) in [5.74, 6) is 1.22. The second-order valence-corrected chi connectivity index (χ2v) is 8.34. The van der Waals surface area contributed by atoms with Crippen molar-refractivity contribution in [3.05, 3.63) is 59.2 Å². The lowest BCUT2D eigenvalue weighted by Gasteiger charge is -2.37. The first-order chi connectivity index (χ1) is 13.4. The lowest BCUT2D eigenvalue weighted by Crippen LogP contribution is -2.48. The zero-order chi connectivity index (χ0) is 20.1. The molecule has 0 bridgehead atoms. The van der Waals surface area contributed by atoms with Gasteiger partial charge in [-0.1, -0.05) is 44.2 Å². The summed E-state index contributed by atoms with van der Waals surface area (Å²) >= 11 is 0. The van der Waals surface area contributed by atoms with Crippen LogP contribution in [0.4, 0.5) is 0 Å². The van der Waals surface area contributed by atoms with Gasteiger partial charge in [-0.2, -0.15) is 0 Å². The van der Waals surface area contributed by atoms with Crippen molar-refractivity contribution >= 4 is 5.91 Å². The van der Waals surface area contributed by atoms with Crippen molar-refractivity contribution in [2.75, 3.05) is 20.1 Å². The Hall–Kier alpha value is -2.27. The molecule has 2 heterocycles. The van der Waals surface area contributed by atoms with Crippen molar-refractivity contribution in [2.24, 2.45) is 5.92 Å². The Balaban J connectivity index is 1.68. The molecule has 0 radical (unpaired) electrons. The summed E-state index contributed by atoms with van der Waals surface area (Å²) in [7, 11) is 2.15. The minimum Gasteiger partial charge on any atom is -0.336 e. The van der Waals surface area contributed by atoms with Crippen LogP contribution in [0.15, 0.2) is 36.4 Å². The van der Waals surface area contributed by atoms with Crippen LogP contribution in [0.25, 0.3) is 0 Å². The number of nitrogens with zero attached hydrogens (tertiary/aromatic N) is 4. The highest BCUT2D eigenvalue weighted by atomic mass is 16.2. The number of benzene rings is 1. The first-order valence-corrected chi connectivity index (χ1v) is 10.3. The van der Waals surface area contributed by atoms with Crippen molar-refractivity contribution in [1.82, 2.24) is 19.8 Å². The van der Waals surface area contributed by atoms with Gasteiger partial charge in [0.15, 0.2) is 0 Å². The molecule has 1 aliphatic heterocycles. The summed E-state index contributed by atoms with van der Waals surface area (Å²) in [5, 5.41) is 0. The van der Waals surface area contributed by atoms with Crippen molar-refractivity contribution in [2.45, 2.75) is 52.6 Å². The van der Waals surface area contributed by atoms with Crippen LogP contribution in [0.1, 0.15) is 54.3 Å². The largest absolute Gasteiger partial charge is 0.336 e. The fourth-order valence-electron chi connectivity index (χ4n) is 3.92. The molecule has 1 amide bonds. The summed E-state index contributed by atoms with van der Waals surface area (Å²) in [4.78, 5) is 26.4. The van der Waals surface area contributed by atoms with Gasteiger partial charge in [0.05, 0.1) is 0 Å². The van der Waals surface area contributed by atoms with E-state index in [1.807, 2.05) is 24.0 Å². The third kappa shape index (κ3) is 5.38. The van der Waals surface area contributed by atoms with Gasteiger partial charge in [-0.05, 0) is 50.8 Å². The molecular formula is C23H32N4O. The molecule has 5 nitrogen and oxygen atoms in total. The van der Waals surface area contributed by atoms with Gasteiger partial charge in [0.1, 0.15) is 11.5 Å². The number of likely N-dealkylation sites (tertiary alicyclic amines) is 1. The predicted octanol–water partition coefficient (Wildman–Crippen LogP) is 3.72. The first-order valence-electron chi connectivity index (χ1n) is 10.3. The average molecular weight is 381 g/mol. The number of carbonyl (C=O) groups is 1. The van der Waals surface area contributed by atoms with E-state index >= 15 is 0 Å². The second kappa shape index (κ2) is 9.28. The highest BCUT2D eigenvalue weighted by Gasteiger charge is 2.28. The fraction of sp³-hybridized carbons (Fsp3) is 0.522. The van der Waals surface area contributed by atoms with Crippen LogP contribution in [0.2, 0.25) is 0 Å². The molecule has 3 rings (SSSR count). The Morgan fingerprint density at radius 1 is 1.25 bits per heavy atom. The summed E-state index contributed by atoms with van der Waals surface area (Å²) in [5.41, 5.74) is 2.80. The number of aromatic nitrogens is 2. The zero-order valence-electron chi connectivity index (χ0n) is 17.6. The van der Waals surface area contributed by atoms with Crippen molar-refractivity contribution < 1.29 is 4.79 Å². The molecule has 0 spiro atoms. The molecule has 1 saturated heterocycles. The number of aryl methyl sites for hydroxylation is 1. The molecule has 0 aliphatic carbocycles. The van der Waals surface area contributed by atoms with Gasteiger partial charge in [0.25, 0.3) is 5.91 Å². The van der Waals surface area contributed by atoms with E-state index in [1.54, 1.807) is 0 Å². The number of likely N-dealkylation sites (N-methyl/N-ethyl adjacent to an activating group) is 1. The lowest BCUT2D eigenvalue weighted by molar-refractivity contribution is 0.0596. The molecule has 28 heavy (non-hydrogen) atoms. The number of carbonyl (C=O) groups excluding carboxylic acids is 1. The number of hydrogen-bond acceptors (Lipinski definition) is 4. The Kier molecular flexibility index (Phi) is 6.79. The number of rotatable bonds is 6. The van der Waals surface area contributed by atoms with E-state index in [-0.39, 0.29) is 5.91 Å². The standard InChI is InChI=1S/C23H32N4O/c1-17(2)13-20-14-22(25-18(3)24-20)23(28)27-12-8-11-21(16-27)26(4)15-19-9-6-5-7-10-19/h5-7,9-10,14,17,21H,8,11-13,15-16H2,1-4H3. The van der Waals surface area contributed by atoms with E-state index in [2.05, 4.69) is 60.0 Å². The molecule has 1 atom stereocenters. The predicted molar refractivity (Wildman–Crippen MR) is 112 cm³/mol.